The van der Waals surface area contributed by atoms with Crippen molar-refractivity contribution in [1.29, 1.82) is 0 Å². The number of carbonyl (C=O) groups is 4. The van der Waals surface area contributed by atoms with Crippen LogP contribution in [0.4, 0.5) is 9.59 Å². The van der Waals surface area contributed by atoms with Crippen LogP contribution in [0.2, 0.25) is 0 Å². The van der Waals surface area contributed by atoms with E-state index in [9.17, 15) is 19.2 Å². The van der Waals surface area contributed by atoms with Gasteiger partial charge in [0.25, 0.3) is 0 Å². The number of aromatic nitrogens is 4. The van der Waals surface area contributed by atoms with Gasteiger partial charge in [-0.1, -0.05) is 51.7 Å². The summed E-state index contributed by atoms with van der Waals surface area (Å²) in [6, 6.07) is 11.3. The zero-order valence-corrected chi connectivity index (χ0v) is 35.2. The van der Waals surface area contributed by atoms with Gasteiger partial charge in [-0.3, -0.25) is 9.59 Å². The number of benzene rings is 2. The molecule has 2 aromatic heterocycles. The van der Waals surface area contributed by atoms with Crippen molar-refractivity contribution in [3.63, 3.8) is 0 Å². The van der Waals surface area contributed by atoms with Crippen molar-refractivity contribution in [1.82, 2.24) is 40.4 Å². The first-order valence-electron chi connectivity index (χ1n) is 20.5. The first-order valence-corrected chi connectivity index (χ1v) is 20.5. The molecule has 3 saturated heterocycles. The number of ether oxygens (including phenoxy) is 4. The SMILES string of the molecule is COC(=O)N[C@H](C(=O)N1C[C@@H](OC)C[C@H]1c1nc(-c2ccc(C#Cc3ccc4[nH]c([C@@H]5C[C@@]6(CCCO6)CN5C(=O)[C@@H](NC(=O)OC)C(C)C)nc4c3)cc2)c[nH]1)C(C)C. The number of fused-ring (bicyclic) bond motifs is 1. The maximum atomic E-state index is 14.0. The van der Waals surface area contributed by atoms with Crippen LogP contribution in [0.25, 0.3) is 22.3 Å². The fraction of sp³-hybridized carbons (Fsp3) is 0.500. The van der Waals surface area contributed by atoms with Crippen LogP contribution in [-0.2, 0) is 28.5 Å². The highest BCUT2D eigenvalue weighted by Gasteiger charge is 2.51. The molecule has 6 atom stereocenters. The molecule has 16 heteroatoms. The number of nitrogens with one attached hydrogen (secondary N) is 4. The quantitative estimate of drug-likeness (QED) is 0.154. The van der Waals surface area contributed by atoms with E-state index in [1.807, 2.05) is 76.4 Å². The molecular weight excluding hydrogens is 769 g/mol. The van der Waals surface area contributed by atoms with Gasteiger partial charge in [-0.15, -0.1) is 0 Å². The molecule has 0 radical (unpaired) electrons. The molecule has 318 valence electrons. The van der Waals surface area contributed by atoms with Gasteiger partial charge >= 0.3 is 12.2 Å². The molecule has 1 spiro atoms. The second kappa shape index (κ2) is 17.7. The fourth-order valence-corrected chi connectivity index (χ4v) is 8.48. The summed E-state index contributed by atoms with van der Waals surface area (Å²) in [4.78, 5) is 72.1. The number of aromatic amines is 2. The Hall–Kier alpha value is -5.92. The maximum Gasteiger partial charge on any atom is 0.407 e. The van der Waals surface area contributed by atoms with Crippen LogP contribution >= 0.6 is 0 Å². The Kier molecular flexibility index (Phi) is 12.5. The molecule has 0 bridgehead atoms. The standard InChI is InChI=1S/C44H54N8O8/c1-25(2)36(49-42(55)58-6)40(53)51-23-30(57-5)20-34(51)38-45-22-33(48-38)29-14-11-27(12-15-29)9-10-28-13-16-31-32(19-28)47-39(46-31)35-21-44(17-8-18-60-44)24-52(35)41(54)37(26(3)4)50-43(56)59-7/h11-16,19,22,25-26,30,34-37H,8,17-18,20-21,23-24H2,1-7H3,(H,45,48)(H,46,47)(H,49,55)(H,50,56)/t30-,34-,35-,36-,37-,44-/m0/s1. The Morgan fingerprint density at radius 1 is 0.850 bits per heavy atom. The smallest absolute Gasteiger partial charge is 0.407 e. The van der Waals surface area contributed by atoms with E-state index in [4.69, 9.17) is 28.9 Å². The van der Waals surface area contributed by atoms with E-state index >= 15 is 0 Å². The Balaban J connectivity index is 1.06. The number of hydrogen-bond donors (Lipinski definition) is 4. The number of H-pyrrole nitrogens is 2. The Bertz CT molecular complexity index is 2270. The second-order valence-electron chi connectivity index (χ2n) is 16.5. The van der Waals surface area contributed by atoms with Crippen molar-refractivity contribution in [2.45, 2.75) is 89.3 Å². The first-order chi connectivity index (χ1) is 28.8. The molecule has 0 aliphatic carbocycles. The number of amides is 4. The summed E-state index contributed by atoms with van der Waals surface area (Å²) in [6.07, 6.45) is 3.26. The maximum absolute atomic E-state index is 14.0. The summed E-state index contributed by atoms with van der Waals surface area (Å²) < 4.78 is 21.5. The Labute approximate surface area is 349 Å². The lowest BCUT2D eigenvalue weighted by molar-refractivity contribution is -0.136. The van der Waals surface area contributed by atoms with Gasteiger partial charge in [-0.05, 0) is 55.0 Å². The second-order valence-corrected chi connectivity index (χ2v) is 16.5. The molecule has 4 N–H and O–H groups in total. The summed E-state index contributed by atoms with van der Waals surface area (Å²) in [7, 11) is 4.18. The number of alkyl carbamates (subject to hydrolysis) is 2. The highest BCUT2D eigenvalue weighted by atomic mass is 16.5. The lowest BCUT2D eigenvalue weighted by Gasteiger charge is -2.30. The van der Waals surface area contributed by atoms with Gasteiger partial charge in [-0.25, -0.2) is 19.6 Å². The summed E-state index contributed by atoms with van der Waals surface area (Å²) >= 11 is 0. The number of hydrogen-bond acceptors (Lipinski definition) is 10. The minimum absolute atomic E-state index is 0.163. The van der Waals surface area contributed by atoms with Crippen LogP contribution in [0, 0.1) is 23.7 Å². The number of carbonyl (C=O) groups excluding carboxylic acids is 4. The number of methoxy groups -OCH3 is 3. The Morgan fingerprint density at radius 2 is 1.50 bits per heavy atom. The highest BCUT2D eigenvalue weighted by Crippen LogP contribution is 2.45. The molecule has 3 aliphatic rings. The third kappa shape index (κ3) is 8.83. The van der Waals surface area contributed by atoms with Crippen molar-refractivity contribution >= 4 is 35.0 Å². The van der Waals surface area contributed by atoms with E-state index in [-0.39, 0.29) is 41.8 Å². The summed E-state index contributed by atoms with van der Waals surface area (Å²) in [6.45, 7) is 8.97. The number of imidazole rings is 2. The van der Waals surface area contributed by atoms with Crippen LogP contribution in [0.5, 0.6) is 0 Å². The average molecular weight is 823 g/mol. The van der Waals surface area contributed by atoms with Gasteiger partial charge in [0.2, 0.25) is 11.8 Å². The van der Waals surface area contributed by atoms with Crippen LogP contribution < -0.4 is 10.6 Å². The van der Waals surface area contributed by atoms with Gasteiger partial charge in [-0.2, -0.15) is 0 Å². The topological polar surface area (TPSA) is 193 Å². The monoisotopic (exact) mass is 822 g/mol. The van der Waals surface area contributed by atoms with Crippen LogP contribution in [-0.4, -0.2) is 119 Å². The molecule has 4 aromatic rings. The van der Waals surface area contributed by atoms with E-state index in [1.165, 1.54) is 14.2 Å². The van der Waals surface area contributed by atoms with Gasteiger partial charge in [0.05, 0.1) is 61.3 Å². The zero-order chi connectivity index (χ0) is 42.7. The molecule has 7 rings (SSSR count). The summed E-state index contributed by atoms with van der Waals surface area (Å²) in [5.74, 6) is 7.06. The molecular formula is C44H54N8O8. The third-order valence-corrected chi connectivity index (χ3v) is 11.8. The third-order valence-electron chi connectivity index (χ3n) is 11.8. The predicted molar refractivity (Wildman–Crippen MR) is 221 cm³/mol. The van der Waals surface area contributed by atoms with E-state index in [2.05, 4.69) is 32.4 Å². The molecule has 5 heterocycles. The van der Waals surface area contributed by atoms with E-state index in [1.54, 1.807) is 16.9 Å². The molecule has 0 unspecified atom stereocenters. The molecule has 3 aliphatic heterocycles. The molecule has 60 heavy (non-hydrogen) atoms. The predicted octanol–water partition coefficient (Wildman–Crippen LogP) is 5.23. The zero-order valence-electron chi connectivity index (χ0n) is 35.2. The normalized spacial score (nSPS) is 22.2. The lowest BCUT2D eigenvalue weighted by atomic mass is 9.96. The number of likely N-dealkylation sites (tertiary alicyclic amines) is 2. The van der Waals surface area contributed by atoms with Crippen molar-refractivity contribution < 1.29 is 38.1 Å². The van der Waals surface area contributed by atoms with Crippen molar-refractivity contribution in [3.8, 4) is 23.1 Å². The van der Waals surface area contributed by atoms with Crippen molar-refractivity contribution in [2.75, 3.05) is 41.0 Å². The molecule has 4 amide bonds. The van der Waals surface area contributed by atoms with E-state index in [0.29, 0.717) is 44.2 Å². The summed E-state index contributed by atoms with van der Waals surface area (Å²) in [5, 5.41) is 5.41. The summed E-state index contributed by atoms with van der Waals surface area (Å²) in [5.41, 5.74) is 4.30. The molecule has 16 nitrogen and oxygen atoms in total. The Morgan fingerprint density at radius 3 is 2.12 bits per heavy atom. The fourth-order valence-electron chi connectivity index (χ4n) is 8.48. The van der Waals surface area contributed by atoms with Crippen LogP contribution in [0.1, 0.15) is 88.2 Å². The van der Waals surface area contributed by atoms with E-state index < -0.39 is 29.9 Å². The molecule has 3 fully saturated rings. The van der Waals surface area contributed by atoms with Crippen molar-refractivity contribution in [2.24, 2.45) is 11.8 Å². The molecule has 0 saturated carbocycles. The lowest BCUT2D eigenvalue weighted by Crippen LogP contribution is -2.51. The highest BCUT2D eigenvalue weighted by molar-refractivity contribution is 5.87. The minimum atomic E-state index is -0.765. The largest absolute Gasteiger partial charge is 0.453 e. The van der Waals surface area contributed by atoms with E-state index in [0.717, 1.165) is 46.3 Å². The van der Waals surface area contributed by atoms with Gasteiger partial charge < -0.3 is 49.3 Å². The van der Waals surface area contributed by atoms with Gasteiger partial charge in [0, 0.05) is 56.0 Å². The van der Waals surface area contributed by atoms with Gasteiger partial charge in [0.1, 0.15) is 23.7 Å². The molecule has 2 aromatic carbocycles. The number of rotatable bonds is 10. The van der Waals surface area contributed by atoms with Crippen molar-refractivity contribution in [3.05, 3.63) is 71.4 Å². The minimum Gasteiger partial charge on any atom is -0.453 e. The van der Waals surface area contributed by atoms with Crippen LogP contribution in [0.15, 0.2) is 48.7 Å². The van der Waals surface area contributed by atoms with Crippen LogP contribution in [0.3, 0.4) is 0 Å². The first kappa shape index (κ1) is 42.2. The average Bonchev–Trinajstić information content (AvgIpc) is 4.10. The number of nitrogens with zero attached hydrogens (tertiary/aromatic N) is 4. The van der Waals surface area contributed by atoms with Gasteiger partial charge in [0.15, 0.2) is 0 Å².